The Morgan fingerprint density at radius 2 is 1.85 bits per heavy atom. The van der Waals surface area contributed by atoms with Crippen molar-refractivity contribution in [3.63, 3.8) is 0 Å². The van der Waals surface area contributed by atoms with Crippen molar-refractivity contribution in [1.82, 2.24) is 4.90 Å². The fraction of sp³-hybridized carbons (Fsp3) is 0.318. The highest BCUT2D eigenvalue weighted by Crippen LogP contribution is 2.28. The quantitative estimate of drug-likeness (QED) is 0.689. The normalized spacial score (nSPS) is 17.7. The smallest absolute Gasteiger partial charge is 0.290 e. The molecule has 0 spiro atoms. The molecule has 0 unspecified atom stereocenters. The zero-order valence-electron chi connectivity index (χ0n) is 15.5. The molecule has 1 fully saturated rings. The molecular formula is C22H24N2O2. The number of carbonyl (C=O) groups is 1. The van der Waals surface area contributed by atoms with E-state index in [9.17, 15) is 4.79 Å². The number of rotatable bonds is 2. The second kappa shape index (κ2) is 6.52. The van der Waals surface area contributed by atoms with Gasteiger partial charge in [0.25, 0.3) is 5.91 Å². The highest BCUT2D eigenvalue weighted by Gasteiger charge is 2.31. The molecule has 1 saturated heterocycles. The Bertz CT molecular complexity index is 945. The lowest BCUT2D eigenvalue weighted by Crippen LogP contribution is -2.54. The van der Waals surface area contributed by atoms with Gasteiger partial charge < -0.3 is 14.2 Å². The van der Waals surface area contributed by atoms with E-state index in [0.29, 0.717) is 12.3 Å². The molecule has 1 atom stereocenters. The van der Waals surface area contributed by atoms with Gasteiger partial charge in [-0.05, 0) is 45.0 Å². The summed E-state index contributed by atoms with van der Waals surface area (Å²) in [6.07, 6.45) is 0. The Morgan fingerprint density at radius 1 is 1.08 bits per heavy atom. The summed E-state index contributed by atoms with van der Waals surface area (Å²) in [7, 11) is 0. The second-order valence-electron chi connectivity index (χ2n) is 7.18. The summed E-state index contributed by atoms with van der Waals surface area (Å²) in [5, 5.41) is 1.03. The van der Waals surface area contributed by atoms with Gasteiger partial charge in [-0.3, -0.25) is 4.79 Å². The lowest BCUT2D eigenvalue weighted by atomic mass is 10.1. The first kappa shape index (κ1) is 16.7. The maximum atomic E-state index is 13.1. The average Bonchev–Trinajstić information content (AvgIpc) is 2.98. The highest BCUT2D eigenvalue weighted by molar-refractivity contribution is 5.99. The molecule has 1 aromatic heterocycles. The van der Waals surface area contributed by atoms with Gasteiger partial charge in [0, 0.05) is 42.3 Å². The predicted molar refractivity (Wildman–Crippen MR) is 105 cm³/mol. The number of amides is 1. The Morgan fingerprint density at radius 3 is 2.58 bits per heavy atom. The van der Waals surface area contributed by atoms with Crippen LogP contribution < -0.4 is 4.90 Å². The number of aryl methyl sites for hydroxylation is 2. The van der Waals surface area contributed by atoms with E-state index < -0.39 is 0 Å². The Hall–Kier alpha value is -2.75. The average molecular weight is 348 g/mol. The van der Waals surface area contributed by atoms with Crippen molar-refractivity contribution in [2.24, 2.45) is 0 Å². The first-order valence-corrected chi connectivity index (χ1v) is 9.15. The summed E-state index contributed by atoms with van der Waals surface area (Å²) in [5.74, 6) is 0.474. The van der Waals surface area contributed by atoms with Gasteiger partial charge in [0.15, 0.2) is 5.76 Å². The van der Waals surface area contributed by atoms with Crippen molar-refractivity contribution in [1.29, 1.82) is 0 Å². The number of benzene rings is 2. The molecule has 4 nitrogen and oxygen atoms in total. The first-order valence-electron chi connectivity index (χ1n) is 9.15. The maximum absolute atomic E-state index is 13.1. The zero-order valence-corrected chi connectivity index (χ0v) is 15.5. The molecule has 26 heavy (non-hydrogen) atoms. The van der Waals surface area contributed by atoms with Crippen molar-refractivity contribution in [3.8, 4) is 0 Å². The number of hydrogen-bond donors (Lipinski definition) is 0. The number of furan rings is 1. The van der Waals surface area contributed by atoms with E-state index in [-0.39, 0.29) is 11.9 Å². The molecule has 0 bridgehead atoms. The lowest BCUT2D eigenvalue weighted by molar-refractivity contribution is 0.0643. The van der Waals surface area contributed by atoms with Crippen molar-refractivity contribution < 1.29 is 9.21 Å². The van der Waals surface area contributed by atoms with Crippen LogP contribution in [0.3, 0.4) is 0 Å². The number of anilines is 1. The van der Waals surface area contributed by atoms with E-state index in [4.69, 9.17) is 4.42 Å². The largest absolute Gasteiger partial charge is 0.451 e. The van der Waals surface area contributed by atoms with Gasteiger partial charge in [0.05, 0.1) is 0 Å². The van der Waals surface area contributed by atoms with Crippen LogP contribution >= 0.6 is 0 Å². The van der Waals surface area contributed by atoms with Crippen LogP contribution in [0.5, 0.6) is 0 Å². The standard InChI is InChI=1S/C22H24N2O2/c1-15-9-10-20-19(13-15)17(3)21(26-20)22(25)24-12-11-23(14-16(24)2)18-7-5-4-6-8-18/h4-10,13,16H,11-12,14H2,1-3H3/t16-/m1/s1. The van der Waals surface area contributed by atoms with Crippen LogP contribution in [-0.4, -0.2) is 36.5 Å². The fourth-order valence-electron chi connectivity index (χ4n) is 3.80. The van der Waals surface area contributed by atoms with Crippen LogP contribution in [0.25, 0.3) is 11.0 Å². The third-order valence-corrected chi connectivity index (χ3v) is 5.30. The van der Waals surface area contributed by atoms with Gasteiger partial charge in [-0.2, -0.15) is 0 Å². The van der Waals surface area contributed by atoms with Gasteiger partial charge >= 0.3 is 0 Å². The molecule has 2 heterocycles. The summed E-state index contributed by atoms with van der Waals surface area (Å²) in [6.45, 7) is 8.49. The van der Waals surface area contributed by atoms with Gasteiger partial charge in [-0.15, -0.1) is 0 Å². The van der Waals surface area contributed by atoms with Crippen molar-refractivity contribution in [2.45, 2.75) is 26.8 Å². The number of para-hydroxylation sites is 1. The number of nitrogens with zero attached hydrogens (tertiary/aromatic N) is 2. The summed E-state index contributed by atoms with van der Waals surface area (Å²) in [4.78, 5) is 17.4. The minimum atomic E-state index is -0.00318. The number of fused-ring (bicyclic) bond motifs is 1. The Kier molecular flexibility index (Phi) is 4.19. The van der Waals surface area contributed by atoms with Crippen molar-refractivity contribution >= 4 is 22.6 Å². The number of hydrogen-bond acceptors (Lipinski definition) is 3. The van der Waals surface area contributed by atoms with E-state index in [2.05, 4.69) is 49.1 Å². The van der Waals surface area contributed by atoms with E-state index in [1.807, 2.05) is 30.0 Å². The Labute approximate surface area is 154 Å². The molecule has 0 N–H and O–H groups in total. The van der Waals surface area contributed by atoms with Crippen LogP contribution in [0.15, 0.2) is 52.9 Å². The van der Waals surface area contributed by atoms with Gasteiger partial charge in [0.1, 0.15) is 5.58 Å². The monoisotopic (exact) mass is 348 g/mol. The van der Waals surface area contributed by atoms with Gasteiger partial charge in [0.2, 0.25) is 0 Å². The fourth-order valence-corrected chi connectivity index (χ4v) is 3.80. The maximum Gasteiger partial charge on any atom is 0.290 e. The molecule has 2 aromatic carbocycles. The zero-order chi connectivity index (χ0) is 18.3. The van der Waals surface area contributed by atoms with Crippen LogP contribution in [0.2, 0.25) is 0 Å². The molecule has 0 saturated carbocycles. The van der Waals surface area contributed by atoms with E-state index >= 15 is 0 Å². The van der Waals surface area contributed by atoms with Crippen LogP contribution in [0, 0.1) is 13.8 Å². The molecule has 134 valence electrons. The van der Waals surface area contributed by atoms with E-state index in [1.54, 1.807) is 0 Å². The first-order chi connectivity index (χ1) is 12.5. The molecule has 1 amide bonds. The summed E-state index contributed by atoms with van der Waals surface area (Å²) < 4.78 is 5.92. The van der Waals surface area contributed by atoms with Crippen LogP contribution in [0.1, 0.15) is 28.6 Å². The molecule has 4 heteroatoms. The van der Waals surface area contributed by atoms with Gasteiger partial charge in [-0.1, -0.05) is 29.8 Å². The SMILES string of the molecule is Cc1ccc2oc(C(=O)N3CCN(c4ccccc4)C[C@H]3C)c(C)c2c1. The van der Waals surface area contributed by atoms with Gasteiger partial charge in [-0.25, -0.2) is 0 Å². The van der Waals surface area contributed by atoms with Crippen LogP contribution in [0.4, 0.5) is 5.69 Å². The van der Waals surface area contributed by atoms with Crippen LogP contribution in [-0.2, 0) is 0 Å². The van der Waals surface area contributed by atoms with Crippen molar-refractivity contribution in [3.05, 3.63) is 65.4 Å². The summed E-state index contributed by atoms with van der Waals surface area (Å²) in [6, 6.07) is 16.6. The summed E-state index contributed by atoms with van der Waals surface area (Å²) >= 11 is 0. The van der Waals surface area contributed by atoms with Crippen molar-refractivity contribution in [2.75, 3.05) is 24.5 Å². The van der Waals surface area contributed by atoms with E-state index in [0.717, 1.165) is 29.6 Å². The topological polar surface area (TPSA) is 36.7 Å². The number of piperazine rings is 1. The molecule has 4 rings (SSSR count). The Balaban J connectivity index is 1.57. The third-order valence-electron chi connectivity index (χ3n) is 5.30. The predicted octanol–water partition coefficient (Wildman–Crippen LogP) is 4.40. The number of carbonyl (C=O) groups excluding carboxylic acids is 1. The van der Waals surface area contributed by atoms with E-state index in [1.165, 1.54) is 11.3 Å². The summed E-state index contributed by atoms with van der Waals surface area (Å²) in [5.41, 5.74) is 4.10. The highest BCUT2D eigenvalue weighted by atomic mass is 16.3. The molecule has 1 aliphatic rings. The molecule has 3 aromatic rings. The third kappa shape index (κ3) is 2.85. The minimum Gasteiger partial charge on any atom is -0.451 e. The molecular weight excluding hydrogens is 324 g/mol. The molecule has 0 radical (unpaired) electrons. The molecule has 1 aliphatic heterocycles. The second-order valence-corrected chi connectivity index (χ2v) is 7.18. The lowest BCUT2D eigenvalue weighted by Gasteiger charge is -2.40. The molecule has 0 aliphatic carbocycles. The minimum absolute atomic E-state index is 0.00318.